The molecule has 0 spiro atoms. The quantitative estimate of drug-likeness (QED) is 0.844. The molecule has 0 aliphatic rings. The molecule has 1 rings (SSSR count). The number of sulfonamides is 1. The highest BCUT2D eigenvalue weighted by Gasteiger charge is 2.31. The van der Waals surface area contributed by atoms with Gasteiger partial charge in [0.1, 0.15) is 10.7 Å². The van der Waals surface area contributed by atoms with E-state index in [-0.39, 0.29) is 6.54 Å². The topological polar surface area (TPSA) is 63.4 Å². The van der Waals surface area contributed by atoms with E-state index in [0.717, 1.165) is 19.2 Å². The van der Waals surface area contributed by atoms with Crippen molar-refractivity contribution in [3.8, 4) is 0 Å². The summed E-state index contributed by atoms with van der Waals surface area (Å²) in [5.41, 5.74) is 5.69. The first-order valence-corrected chi connectivity index (χ1v) is 7.03. The van der Waals surface area contributed by atoms with Gasteiger partial charge in [0.2, 0.25) is 10.0 Å². The van der Waals surface area contributed by atoms with E-state index >= 15 is 0 Å². The van der Waals surface area contributed by atoms with Gasteiger partial charge in [-0.3, -0.25) is 0 Å². The summed E-state index contributed by atoms with van der Waals surface area (Å²) in [6.45, 7) is -0.785. The molecule has 0 saturated heterocycles. The van der Waals surface area contributed by atoms with Gasteiger partial charge in [-0.1, -0.05) is 6.07 Å². The van der Waals surface area contributed by atoms with E-state index in [9.17, 15) is 26.0 Å². The number of nitrogens with two attached hydrogens (primary N) is 1. The summed E-state index contributed by atoms with van der Waals surface area (Å²) in [4.78, 5) is -0.676. The first-order chi connectivity index (χ1) is 9.08. The van der Waals surface area contributed by atoms with Crippen LogP contribution in [0, 0.1) is 5.82 Å². The standard InChI is InChI=1S/C11H14F4N2O2S/c1-17(5-4-11(13,14)15)20(18,19)10-6-8(7-16)2-3-9(10)12/h2-3,6H,4-5,7,16H2,1H3. The van der Waals surface area contributed by atoms with E-state index in [4.69, 9.17) is 5.73 Å². The fourth-order valence-corrected chi connectivity index (χ4v) is 2.73. The molecule has 20 heavy (non-hydrogen) atoms. The molecule has 9 heteroatoms. The third-order valence-electron chi connectivity index (χ3n) is 2.63. The van der Waals surface area contributed by atoms with Crippen molar-refractivity contribution in [2.45, 2.75) is 24.0 Å². The number of halogens is 4. The second-order valence-corrected chi connectivity index (χ2v) is 6.17. The van der Waals surface area contributed by atoms with Crippen LogP contribution in [0.2, 0.25) is 0 Å². The number of hydrogen-bond acceptors (Lipinski definition) is 3. The Bertz CT molecular complexity index is 572. The molecule has 0 unspecified atom stereocenters. The van der Waals surface area contributed by atoms with Crippen molar-refractivity contribution < 1.29 is 26.0 Å². The van der Waals surface area contributed by atoms with Crippen LogP contribution in [0.25, 0.3) is 0 Å². The van der Waals surface area contributed by atoms with E-state index in [1.165, 1.54) is 6.07 Å². The number of benzene rings is 1. The molecule has 4 nitrogen and oxygen atoms in total. The maximum Gasteiger partial charge on any atom is 0.390 e. The van der Waals surface area contributed by atoms with E-state index < -0.39 is 39.9 Å². The van der Waals surface area contributed by atoms with Gasteiger partial charge in [0.05, 0.1) is 6.42 Å². The number of alkyl halides is 3. The Balaban J connectivity index is 3.04. The summed E-state index contributed by atoms with van der Waals surface area (Å²) in [5.74, 6) is -1.03. The van der Waals surface area contributed by atoms with Crippen molar-refractivity contribution in [2.75, 3.05) is 13.6 Å². The second-order valence-electron chi connectivity index (χ2n) is 4.16. The van der Waals surface area contributed by atoms with Crippen LogP contribution in [0.1, 0.15) is 12.0 Å². The van der Waals surface area contributed by atoms with Crippen LogP contribution in [0.15, 0.2) is 23.1 Å². The molecule has 0 aromatic heterocycles. The Morgan fingerprint density at radius 1 is 1.30 bits per heavy atom. The highest BCUT2D eigenvalue weighted by Crippen LogP contribution is 2.23. The minimum atomic E-state index is -4.48. The van der Waals surface area contributed by atoms with Crippen molar-refractivity contribution in [1.82, 2.24) is 4.31 Å². The summed E-state index contributed by atoms with van der Waals surface area (Å²) in [5, 5.41) is 0. The maximum atomic E-state index is 13.6. The monoisotopic (exact) mass is 314 g/mol. The fraction of sp³-hybridized carbons (Fsp3) is 0.455. The molecule has 2 N–H and O–H groups in total. The van der Waals surface area contributed by atoms with Gasteiger partial charge < -0.3 is 5.73 Å². The summed E-state index contributed by atoms with van der Waals surface area (Å²) in [6, 6.07) is 3.26. The lowest BCUT2D eigenvalue weighted by Crippen LogP contribution is -2.31. The largest absolute Gasteiger partial charge is 0.390 e. The molecule has 114 valence electrons. The Kier molecular flexibility index (Phi) is 5.11. The lowest BCUT2D eigenvalue weighted by atomic mass is 10.2. The molecular formula is C11H14F4N2O2S. The smallest absolute Gasteiger partial charge is 0.326 e. The zero-order valence-corrected chi connectivity index (χ0v) is 11.4. The molecule has 0 radical (unpaired) electrons. The van der Waals surface area contributed by atoms with Gasteiger partial charge in [0.15, 0.2) is 0 Å². The molecule has 1 aromatic rings. The highest BCUT2D eigenvalue weighted by atomic mass is 32.2. The number of hydrogen-bond donors (Lipinski definition) is 1. The number of rotatable bonds is 5. The summed E-state index contributed by atoms with van der Waals surface area (Å²) in [7, 11) is -3.35. The van der Waals surface area contributed by atoms with Crippen molar-refractivity contribution in [1.29, 1.82) is 0 Å². The lowest BCUT2D eigenvalue weighted by molar-refractivity contribution is -0.135. The van der Waals surface area contributed by atoms with Crippen LogP contribution in [0.5, 0.6) is 0 Å². The average Bonchev–Trinajstić information content (AvgIpc) is 2.35. The van der Waals surface area contributed by atoms with Crippen molar-refractivity contribution in [3.63, 3.8) is 0 Å². The van der Waals surface area contributed by atoms with Gasteiger partial charge in [0.25, 0.3) is 0 Å². The molecule has 0 bridgehead atoms. The molecule has 0 aliphatic heterocycles. The Hall–Kier alpha value is -1.19. The van der Waals surface area contributed by atoms with Crippen molar-refractivity contribution >= 4 is 10.0 Å². The average molecular weight is 314 g/mol. The predicted molar refractivity (Wildman–Crippen MR) is 64.8 cm³/mol. The Labute approximate surface area is 114 Å². The molecule has 0 aliphatic carbocycles. The van der Waals surface area contributed by atoms with Crippen LogP contribution in [-0.4, -0.2) is 32.5 Å². The van der Waals surface area contributed by atoms with Crippen LogP contribution >= 0.6 is 0 Å². The first kappa shape index (κ1) is 16.9. The molecule has 1 aromatic carbocycles. The van der Waals surface area contributed by atoms with E-state index in [2.05, 4.69) is 0 Å². The van der Waals surface area contributed by atoms with Gasteiger partial charge >= 0.3 is 6.18 Å². The highest BCUT2D eigenvalue weighted by molar-refractivity contribution is 7.89. The fourth-order valence-electron chi connectivity index (χ4n) is 1.44. The van der Waals surface area contributed by atoms with Crippen LogP contribution in [0.3, 0.4) is 0 Å². The molecule has 0 saturated carbocycles. The maximum absolute atomic E-state index is 13.6. The van der Waals surface area contributed by atoms with Gasteiger partial charge in [-0.25, -0.2) is 17.1 Å². The minimum Gasteiger partial charge on any atom is -0.326 e. The van der Waals surface area contributed by atoms with Crippen molar-refractivity contribution in [2.24, 2.45) is 5.73 Å². The third kappa shape index (κ3) is 4.15. The van der Waals surface area contributed by atoms with Gasteiger partial charge in [-0.2, -0.15) is 13.2 Å². The van der Waals surface area contributed by atoms with Gasteiger partial charge in [-0.15, -0.1) is 0 Å². The van der Waals surface area contributed by atoms with Crippen LogP contribution < -0.4 is 5.73 Å². The molecule has 0 heterocycles. The zero-order valence-electron chi connectivity index (χ0n) is 10.6. The molecular weight excluding hydrogens is 300 g/mol. The van der Waals surface area contributed by atoms with Gasteiger partial charge in [0, 0.05) is 20.1 Å². The molecule has 0 amide bonds. The summed E-state index contributed by atoms with van der Waals surface area (Å²) in [6.07, 6.45) is -5.79. The summed E-state index contributed by atoms with van der Waals surface area (Å²) >= 11 is 0. The third-order valence-corrected chi connectivity index (χ3v) is 4.50. The molecule has 0 atom stereocenters. The number of nitrogens with zero attached hydrogens (tertiary/aromatic N) is 1. The molecule has 0 fully saturated rings. The Morgan fingerprint density at radius 3 is 2.40 bits per heavy atom. The first-order valence-electron chi connectivity index (χ1n) is 5.59. The predicted octanol–water partition coefficient (Wildman–Crippen LogP) is 1.86. The normalized spacial score (nSPS) is 12.9. The summed E-state index contributed by atoms with van der Waals surface area (Å²) < 4.78 is 74.3. The lowest BCUT2D eigenvalue weighted by Gasteiger charge is -2.18. The van der Waals surface area contributed by atoms with E-state index in [0.29, 0.717) is 9.87 Å². The second kappa shape index (κ2) is 6.06. The van der Waals surface area contributed by atoms with Crippen LogP contribution in [0.4, 0.5) is 17.6 Å². The van der Waals surface area contributed by atoms with E-state index in [1.54, 1.807) is 0 Å². The SMILES string of the molecule is CN(CCC(F)(F)F)S(=O)(=O)c1cc(CN)ccc1F. The zero-order chi connectivity index (χ0) is 15.6. The van der Waals surface area contributed by atoms with Crippen molar-refractivity contribution in [3.05, 3.63) is 29.6 Å². The van der Waals surface area contributed by atoms with E-state index in [1.807, 2.05) is 0 Å². The van der Waals surface area contributed by atoms with Gasteiger partial charge in [-0.05, 0) is 17.7 Å². The van der Waals surface area contributed by atoms with Crippen LogP contribution in [-0.2, 0) is 16.6 Å². The Morgan fingerprint density at radius 2 is 1.90 bits per heavy atom. The minimum absolute atomic E-state index is 0.00490.